The number of aromatic nitrogens is 1. The Morgan fingerprint density at radius 1 is 0.857 bits per heavy atom. The van der Waals surface area contributed by atoms with Crippen LogP contribution in [0.2, 0.25) is 0 Å². The number of amides is 4. The quantitative estimate of drug-likeness (QED) is 0.114. The van der Waals surface area contributed by atoms with Gasteiger partial charge in [-0.05, 0) is 64.7 Å². The average Bonchev–Trinajstić information content (AvgIpc) is 3.69. The summed E-state index contributed by atoms with van der Waals surface area (Å²) in [7, 11) is 0. The van der Waals surface area contributed by atoms with Crippen LogP contribution in [0.25, 0.3) is 0 Å². The SMILES string of the molecule is NC(=O)NCC#Cc1ccc2c(c1)[C@]1(C(=O)N2)[C@H](c2ccc(O)cc2)N2[C@H](c3ccccc3)[C@H](c3ccccc3)OC(=O)[C@H]2[C@@H]1C(=O)NCCc1ccccn1. The number of nitrogens with zero attached hydrogens (tertiary/aromatic N) is 2. The molecule has 12 heteroatoms. The molecule has 4 amide bonds. The summed E-state index contributed by atoms with van der Waals surface area (Å²) >= 11 is 0. The van der Waals surface area contributed by atoms with Gasteiger partial charge in [-0.25, -0.2) is 4.79 Å². The number of benzene rings is 4. The van der Waals surface area contributed by atoms with E-state index in [1.165, 1.54) is 12.1 Å². The Bertz CT molecular complexity index is 2350. The molecule has 12 nitrogen and oxygen atoms in total. The molecule has 6 N–H and O–H groups in total. The van der Waals surface area contributed by atoms with Gasteiger partial charge in [-0.2, -0.15) is 0 Å². The Kier molecular flexibility index (Phi) is 9.68. The molecular formula is C44H38N6O6. The van der Waals surface area contributed by atoms with Crippen molar-refractivity contribution in [2.24, 2.45) is 11.7 Å². The number of esters is 1. The lowest BCUT2D eigenvalue weighted by Crippen LogP contribution is -2.55. The van der Waals surface area contributed by atoms with E-state index < -0.39 is 59.4 Å². The van der Waals surface area contributed by atoms with Crippen LogP contribution in [0.5, 0.6) is 5.75 Å². The van der Waals surface area contributed by atoms with Crippen molar-refractivity contribution in [3.63, 3.8) is 0 Å². The fourth-order valence-corrected chi connectivity index (χ4v) is 8.57. The third-order valence-electron chi connectivity index (χ3n) is 10.8. The lowest BCUT2D eigenvalue weighted by molar-refractivity contribution is -0.178. The van der Waals surface area contributed by atoms with Gasteiger partial charge in [-0.1, -0.05) is 90.7 Å². The Morgan fingerprint density at radius 3 is 2.27 bits per heavy atom. The van der Waals surface area contributed by atoms with Crippen LogP contribution in [-0.4, -0.2) is 57.9 Å². The highest BCUT2D eigenvalue weighted by Crippen LogP contribution is 2.64. The molecule has 8 rings (SSSR count). The average molecular weight is 747 g/mol. The fraction of sp³-hybridized carbons (Fsp3) is 0.205. The molecule has 4 aromatic carbocycles. The minimum absolute atomic E-state index is 0.00645. The van der Waals surface area contributed by atoms with Crippen LogP contribution in [0.15, 0.2) is 128 Å². The van der Waals surface area contributed by atoms with Crippen LogP contribution >= 0.6 is 0 Å². The number of pyridine rings is 1. The van der Waals surface area contributed by atoms with Gasteiger partial charge in [0, 0.05) is 36.1 Å². The van der Waals surface area contributed by atoms with E-state index in [2.05, 4.69) is 32.8 Å². The van der Waals surface area contributed by atoms with Crippen molar-refractivity contribution in [3.8, 4) is 17.6 Å². The predicted molar refractivity (Wildman–Crippen MR) is 207 cm³/mol. The maximum absolute atomic E-state index is 15.2. The first kappa shape index (κ1) is 36.0. The maximum Gasteiger partial charge on any atom is 0.324 e. The third-order valence-corrected chi connectivity index (χ3v) is 10.8. The molecule has 0 saturated carbocycles. The van der Waals surface area contributed by atoms with E-state index in [0.29, 0.717) is 28.8 Å². The Balaban J connectivity index is 1.36. The number of morpholine rings is 1. The molecule has 2 saturated heterocycles. The van der Waals surface area contributed by atoms with Crippen molar-refractivity contribution < 1.29 is 29.0 Å². The summed E-state index contributed by atoms with van der Waals surface area (Å²) in [5.41, 5.74) is 7.90. The number of primary amides is 1. The standard InChI is InChI=1S/C44H38N6O6/c45-43(55)48-24-9-10-27-16-21-34-33(26-27)44(42(54)49-34)35(40(52)47-25-22-31-15-7-8-23-46-31)37-41(53)56-38(29-13-5-2-6-14-29)36(28-11-3-1-4-12-28)50(37)39(44)30-17-19-32(51)20-18-30/h1-8,11-21,23,26,35-39,51H,22,24-25H2,(H,47,52)(H,49,54)(H3,45,48,55)/t35-,36-,37-,38+,39+,44-/m1/s1. The highest BCUT2D eigenvalue weighted by molar-refractivity contribution is 6.12. The lowest BCUT2D eigenvalue weighted by atomic mass is 9.65. The van der Waals surface area contributed by atoms with Gasteiger partial charge in [-0.3, -0.25) is 24.3 Å². The number of hydrogen-bond acceptors (Lipinski definition) is 8. The number of aromatic hydroxyl groups is 1. The summed E-state index contributed by atoms with van der Waals surface area (Å²) in [6, 6.07) is 32.8. The zero-order valence-corrected chi connectivity index (χ0v) is 30.1. The number of carbonyl (C=O) groups is 4. The summed E-state index contributed by atoms with van der Waals surface area (Å²) < 4.78 is 6.44. The molecule has 1 aromatic heterocycles. The summed E-state index contributed by atoms with van der Waals surface area (Å²) in [6.45, 7) is 0.184. The zero-order valence-electron chi connectivity index (χ0n) is 30.1. The molecule has 2 fully saturated rings. The lowest BCUT2D eigenvalue weighted by Gasteiger charge is -2.46. The molecular weight excluding hydrogens is 709 g/mol. The van der Waals surface area contributed by atoms with E-state index in [1.807, 2.05) is 83.8 Å². The third kappa shape index (κ3) is 6.37. The fourth-order valence-electron chi connectivity index (χ4n) is 8.57. The second-order valence-corrected chi connectivity index (χ2v) is 14.0. The van der Waals surface area contributed by atoms with Gasteiger partial charge in [0.1, 0.15) is 23.3 Å². The molecule has 1 spiro atoms. The van der Waals surface area contributed by atoms with Gasteiger partial charge >= 0.3 is 12.0 Å². The summed E-state index contributed by atoms with van der Waals surface area (Å²) in [4.78, 5) is 62.8. The van der Waals surface area contributed by atoms with Crippen molar-refractivity contribution in [3.05, 3.63) is 161 Å². The molecule has 280 valence electrons. The van der Waals surface area contributed by atoms with E-state index in [0.717, 1.165) is 16.8 Å². The second-order valence-electron chi connectivity index (χ2n) is 14.0. The van der Waals surface area contributed by atoms with E-state index in [9.17, 15) is 14.7 Å². The molecule has 5 aromatic rings. The highest BCUT2D eigenvalue weighted by atomic mass is 16.6. The Labute approximate surface area is 323 Å². The van der Waals surface area contributed by atoms with Gasteiger partial charge in [0.15, 0.2) is 0 Å². The number of carbonyl (C=O) groups excluding carboxylic acids is 4. The number of phenolic OH excluding ortho intramolecular Hbond substituents is 1. The van der Waals surface area contributed by atoms with Crippen LogP contribution in [0, 0.1) is 17.8 Å². The Morgan fingerprint density at radius 2 is 1.57 bits per heavy atom. The topological polar surface area (TPSA) is 176 Å². The van der Waals surface area contributed by atoms with Crippen molar-refractivity contribution in [2.45, 2.75) is 36.1 Å². The number of phenols is 1. The number of rotatable bonds is 8. The molecule has 0 radical (unpaired) electrons. The molecule has 3 aliphatic rings. The van der Waals surface area contributed by atoms with Crippen molar-refractivity contribution >= 4 is 29.5 Å². The number of urea groups is 1. The summed E-state index contributed by atoms with van der Waals surface area (Å²) in [5.74, 6) is 3.01. The largest absolute Gasteiger partial charge is 0.508 e. The van der Waals surface area contributed by atoms with Crippen LogP contribution < -0.4 is 21.7 Å². The van der Waals surface area contributed by atoms with Crippen LogP contribution in [0.1, 0.15) is 51.7 Å². The first-order valence-corrected chi connectivity index (χ1v) is 18.3. The zero-order chi connectivity index (χ0) is 38.8. The number of ether oxygens (including phenoxy) is 1. The molecule has 4 heterocycles. The molecule has 0 unspecified atom stereocenters. The van der Waals surface area contributed by atoms with Gasteiger partial charge in [-0.15, -0.1) is 0 Å². The van der Waals surface area contributed by atoms with Crippen molar-refractivity contribution in [1.29, 1.82) is 0 Å². The Hall–Kier alpha value is -6.97. The molecule has 0 aliphatic carbocycles. The molecule has 0 bridgehead atoms. The van der Waals surface area contributed by atoms with Crippen molar-refractivity contribution in [2.75, 3.05) is 18.4 Å². The number of nitrogens with two attached hydrogens (primary N) is 1. The van der Waals surface area contributed by atoms with Gasteiger partial charge < -0.3 is 31.5 Å². The van der Waals surface area contributed by atoms with Crippen LogP contribution in [0.4, 0.5) is 10.5 Å². The smallest absolute Gasteiger partial charge is 0.324 e. The summed E-state index contributed by atoms with van der Waals surface area (Å²) in [5, 5.41) is 19.1. The van der Waals surface area contributed by atoms with Gasteiger partial charge in [0.2, 0.25) is 11.8 Å². The van der Waals surface area contributed by atoms with E-state index in [-0.39, 0.29) is 18.8 Å². The number of cyclic esters (lactones) is 1. The van der Waals surface area contributed by atoms with E-state index in [4.69, 9.17) is 10.5 Å². The highest BCUT2D eigenvalue weighted by Gasteiger charge is 2.74. The van der Waals surface area contributed by atoms with Gasteiger partial charge in [0.25, 0.3) is 0 Å². The first-order valence-electron chi connectivity index (χ1n) is 18.3. The van der Waals surface area contributed by atoms with Gasteiger partial charge in [0.05, 0.1) is 24.5 Å². The molecule has 3 aliphatic heterocycles. The first-order chi connectivity index (χ1) is 27.3. The number of anilines is 1. The van der Waals surface area contributed by atoms with E-state index >= 15 is 9.59 Å². The van der Waals surface area contributed by atoms with E-state index in [1.54, 1.807) is 36.5 Å². The minimum atomic E-state index is -1.72. The molecule has 6 atom stereocenters. The van der Waals surface area contributed by atoms with Crippen LogP contribution in [0.3, 0.4) is 0 Å². The summed E-state index contributed by atoms with van der Waals surface area (Å²) in [6.07, 6.45) is 1.28. The number of nitrogens with one attached hydrogen (secondary N) is 3. The normalized spacial score (nSPS) is 23.5. The number of fused-ring (bicyclic) bond motifs is 3. The molecule has 56 heavy (non-hydrogen) atoms. The second kappa shape index (κ2) is 15.0. The van der Waals surface area contributed by atoms with Crippen LogP contribution in [-0.2, 0) is 31.0 Å². The van der Waals surface area contributed by atoms with Crippen molar-refractivity contribution in [1.82, 2.24) is 20.5 Å². The number of hydrogen-bond donors (Lipinski definition) is 5. The maximum atomic E-state index is 15.2. The predicted octanol–water partition coefficient (Wildman–Crippen LogP) is 4.44. The minimum Gasteiger partial charge on any atom is -0.508 e. The monoisotopic (exact) mass is 746 g/mol.